The molecule has 0 bridgehead atoms. The number of fused-ring (bicyclic) bond motifs is 1. The van der Waals surface area contributed by atoms with Crippen LogP contribution in [-0.4, -0.2) is 35.2 Å². The van der Waals surface area contributed by atoms with Gasteiger partial charge >= 0.3 is 6.03 Å². The lowest BCUT2D eigenvalue weighted by Gasteiger charge is -2.25. The maximum atomic E-state index is 12.8. The standard InChI is InChI=1S/C19H21N3O3/c23-19(21-15-5-6-18-14(11-15)7-8-20-18)22(12-16-3-1-9-24-16)13-17-4-2-10-25-17/h1,3,5-9,11,17,20H,2,4,10,12-13H2,(H,21,23)/t17-/m1/s1. The molecule has 0 unspecified atom stereocenters. The Hall–Kier alpha value is -2.73. The van der Waals surface area contributed by atoms with Gasteiger partial charge in [-0.05, 0) is 49.2 Å². The second-order valence-corrected chi connectivity index (χ2v) is 6.30. The van der Waals surface area contributed by atoms with Crippen molar-refractivity contribution in [1.29, 1.82) is 0 Å². The third kappa shape index (κ3) is 3.69. The number of urea groups is 1. The molecule has 1 fully saturated rings. The highest BCUT2D eigenvalue weighted by Crippen LogP contribution is 2.20. The van der Waals surface area contributed by atoms with Crippen molar-refractivity contribution in [3.05, 3.63) is 54.6 Å². The van der Waals surface area contributed by atoms with E-state index in [0.29, 0.717) is 13.1 Å². The van der Waals surface area contributed by atoms with Crippen molar-refractivity contribution in [3.8, 4) is 0 Å². The molecule has 3 heterocycles. The molecule has 2 aromatic heterocycles. The van der Waals surface area contributed by atoms with Gasteiger partial charge in [0.15, 0.2) is 0 Å². The zero-order valence-electron chi connectivity index (χ0n) is 13.9. The van der Waals surface area contributed by atoms with Gasteiger partial charge < -0.3 is 24.4 Å². The van der Waals surface area contributed by atoms with E-state index in [1.54, 1.807) is 11.2 Å². The second kappa shape index (κ2) is 7.03. The Kier molecular flexibility index (Phi) is 4.43. The van der Waals surface area contributed by atoms with Gasteiger partial charge in [-0.1, -0.05) is 0 Å². The van der Waals surface area contributed by atoms with Crippen LogP contribution in [0.2, 0.25) is 0 Å². The molecule has 2 N–H and O–H groups in total. The van der Waals surface area contributed by atoms with Gasteiger partial charge in [-0.25, -0.2) is 4.79 Å². The molecule has 1 atom stereocenters. The highest BCUT2D eigenvalue weighted by molar-refractivity contribution is 5.92. The molecule has 6 heteroatoms. The molecule has 6 nitrogen and oxygen atoms in total. The number of H-pyrrole nitrogens is 1. The molecule has 3 aromatic rings. The summed E-state index contributed by atoms with van der Waals surface area (Å²) in [5, 5.41) is 4.05. The van der Waals surface area contributed by atoms with Crippen LogP contribution in [0.1, 0.15) is 18.6 Å². The number of anilines is 1. The van der Waals surface area contributed by atoms with E-state index < -0.39 is 0 Å². The Bertz CT molecular complexity index is 835. The van der Waals surface area contributed by atoms with Crippen LogP contribution in [0.3, 0.4) is 0 Å². The number of furan rings is 1. The lowest BCUT2D eigenvalue weighted by Crippen LogP contribution is -2.39. The van der Waals surface area contributed by atoms with Crippen LogP contribution < -0.4 is 5.32 Å². The largest absolute Gasteiger partial charge is 0.467 e. The maximum absolute atomic E-state index is 12.8. The van der Waals surface area contributed by atoms with Crippen molar-refractivity contribution in [3.63, 3.8) is 0 Å². The first kappa shape index (κ1) is 15.8. The number of rotatable bonds is 5. The molecule has 0 saturated carbocycles. The summed E-state index contributed by atoms with van der Waals surface area (Å²) < 4.78 is 11.1. The van der Waals surface area contributed by atoms with Crippen LogP contribution in [-0.2, 0) is 11.3 Å². The fourth-order valence-corrected chi connectivity index (χ4v) is 3.18. The van der Waals surface area contributed by atoms with E-state index in [-0.39, 0.29) is 12.1 Å². The minimum Gasteiger partial charge on any atom is -0.467 e. The fraction of sp³-hybridized carbons (Fsp3) is 0.316. The predicted molar refractivity (Wildman–Crippen MR) is 95.4 cm³/mol. The molecular weight excluding hydrogens is 318 g/mol. The smallest absolute Gasteiger partial charge is 0.322 e. The van der Waals surface area contributed by atoms with Crippen molar-refractivity contribution < 1.29 is 13.9 Å². The minimum absolute atomic E-state index is 0.0906. The molecule has 2 amide bonds. The number of ether oxygens (including phenoxy) is 1. The summed E-state index contributed by atoms with van der Waals surface area (Å²) in [5.74, 6) is 0.759. The first-order valence-electron chi connectivity index (χ1n) is 8.55. The van der Waals surface area contributed by atoms with Gasteiger partial charge in [0.25, 0.3) is 0 Å². The number of amides is 2. The van der Waals surface area contributed by atoms with E-state index >= 15 is 0 Å². The van der Waals surface area contributed by atoms with Crippen LogP contribution in [0.4, 0.5) is 10.5 Å². The molecule has 1 aromatic carbocycles. The average Bonchev–Trinajstić information content (AvgIpc) is 3.36. The van der Waals surface area contributed by atoms with Crippen molar-refractivity contribution >= 4 is 22.6 Å². The van der Waals surface area contributed by atoms with Gasteiger partial charge in [-0.3, -0.25) is 0 Å². The van der Waals surface area contributed by atoms with Crippen molar-refractivity contribution in [1.82, 2.24) is 9.88 Å². The summed E-state index contributed by atoms with van der Waals surface area (Å²) in [6.45, 7) is 1.75. The molecule has 1 saturated heterocycles. The number of hydrogen-bond donors (Lipinski definition) is 2. The predicted octanol–water partition coefficient (Wildman–Crippen LogP) is 3.97. The molecule has 0 radical (unpaired) electrons. The highest BCUT2D eigenvalue weighted by Gasteiger charge is 2.23. The molecule has 4 rings (SSSR count). The zero-order chi connectivity index (χ0) is 17.1. The van der Waals surface area contributed by atoms with Crippen LogP contribution in [0.25, 0.3) is 10.9 Å². The van der Waals surface area contributed by atoms with Gasteiger partial charge in [-0.15, -0.1) is 0 Å². The summed E-state index contributed by atoms with van der Waals surface area (Å²) in [4.78, 5) is 17.7. The van der Waals surface area contributed by atoms with Gasteiger partial charge in [0, 0.05) is 35.9 Å². The first-order valence-corrected chi connectivity index (χ1v) is 8.55. The van der Waals surface area contributed by atoms with Gasteiger partial charge in [0.1, 0.15) is 5.76 Å². The quantitative estimate of drug-likeness (QED) is 0.739. The monoisotopic (exact) mass is 339 g/mol. The molecule has 130 valence electrons. The van der Waals surface area contributed by atoms with Crippen molar-refractivity contribution in [2.75, 3.05) is 18.5 Å². The van der Waals surface area contributed by atoms with Crippen LogP contribution in [0, 0.1) is 0 Å². The molecule has 25 heavy (non-hydrogen) atoms. The number of aromatic nitrogens is 1. The third-order valence-electron chi connectivity index (χ3n) is 4.47. The summed E-state index contributed by atoms with van der Waals surface area (Å²) >= 11 is 0. The number of benzene rings is 1. The molecule has 0 spiro atoms. The Morgan fingerprint density at radius 3 is 3.08 bits per heavy atom. The molecule has 0 aliphatic carbocycles. The number of carbonyl (C=O) groups is 1. The second-order valence-electron chi connectivity index (χ2n) is 6.30. The van der Waals surface area contributed by atoms with Crippen molar-refractivity contribution in [2.24, 2.45) is 0 Å². The van der Waals surface area contributed by atoms with E-state index in [9.17, 15) is 4.79 Å². The van der Waals surface area contributed by atoms with Crippen LogP contribution in [0.15, 0.2) is 53.3 Å². The van der Waals surface area contributed by atoms with E-state index in [1.165, 1.54) is 0 Å². The SMILES string of the molecule is O=C(Nc1ccc2[nH]ccc2c1)N(Cc1ccco1)C[C@H]1CCCO1. The number of carbonyl (C=O) groups excluding carboxylic acids is 1. The highest BCUT2D eigenvalue weighted by atomic mass is 16.5. The zero-order valence-corrected chi connectivity index (χ0v) is 13.9. The Labute approximate surface area is 145 Å². The van der Waals surface area contributed by atoms with E-state index in [2.05, 4.69) is 10.3 Å². The Balaban J connectivity index is 1.48. The molecule has 1 aliphatic heterocycles. The molecular formula is C19H21N3O3. The Morgan fingerprint density at radius 1 is 1.32 bits per heavy atom. The summed E-state index contributed by atoms with van der Waals surface area (Å²) in [7, 11) is 0. The normalized spacial score (nSPS) is 17.0. The summed E-state index contributed by atoms with van der Waals surface area (Å²) in [6.07, 6.45) is 5.63. The fourth-order valence-electron chi connectivity index (χ4n) is 3.18. The van der Waals surface area contributed by atoms with Crippen LogP contribution >= 0.6 is 0 Å². The lowest BCUT2D eigenvalue weighted by atomic mass is 10.2. The lowest BCUT2D eigenvalue weighted by molar-refractivity contribution is 0.0803. The maximum Gasteiger partial charge on any atom is 0.322 e. The van der Waals surface area contributed by atoms with Crippen molar-refractivity contribution in [2.45, 2.75) is 25.5 Å². The minimum atomic E-state index is -0.151. The molecule has 1 aliphatic rings. The van der Waals surface area contributed by atoms with E-state index in [0.717, 1.165) is 41.8 Å². The summed E-state index contributed by atoms with van der Waals surface area (Å²) in [6, 6.07) is 11.4. The Morgan fingerprint density at radius 2 is 2.28 bits per heavy atom. The van der Waals surface area contributed by atoms with E-state index in [4.69, 9.17) is 9.15 Å². The summed E-state index contributed by atoms with van der Waals surface area (Å²) in [5.41, 5.74) is 1.82. The van der Waals surface area contributed by atoms with Gasteiger partial charge in [0.05, 0.1) is 18.9 Å². The first-order chi connectivity index (χ1) is 12.3. The number of hydrogen-bond acceptors (Lipinski definition) is 3. The third-order valence-corrected chi connectivity index (χ3v) is 4.47. The van der Waals surface area contributed by atoms with E-state index in [1.807, 2.05) is 42.6 Å². The number of nitrogens with one attached hydrogen (secondary N) is 2. The number of nitrogens with zero attached hydrogens (tertiary/aromatic N) is 1. The topological polar surface area (TPSA) is 70.5 Å². The van der Waals surface area contributed by atoms with Crippen LogP contribution in [0.5, 0.6) is 0 Å². The number of aromatic amines is 1. The van der Waals surface area contributed by atoms with Gasteiger partial charge in [0.2, 0.25) is 0 Å². The van der Waals surface area contributed by atoms with Gasteiger partial charge in [-0.2, -0.15) is 0 Å². The average molecular weight is 339 g/mol.